The van der Waals surface area contributed by atoms with Gasteiger partial charge >= 0.3 is 0 Å². The SMILES string of the molecule is O=C1CC(=O)CC(Cc2ccccc2)C1. The lowest BCUT2D eigenvalue weighted by molar-refractivity contribution is -0.131. The topological polar surface area (TPSA) is 34.1 Å². The highest BCUT2D eigenvalue weighted by Gasteiger charge is 2.25. The molecule has 0 unspecified atom stereocenters. The molecule has 0 aromatic heterocycles. The van der Waals surface area contributed by atoms with Crippen molar-refractivity contribution in [2.45, 2.75) is 25.7 Å². The second-order valence-electron chi connectivity index (χ2n) is 4.22. The van der Waals surface area contributed by atoms with Crippen LogP contribution in [0, 0.1) is 5.92 Å². The zero-order valence-electron chi connectivity index (χ0n) is 8.61. The maximum atomic E-state index is 11.3. The molecule has 1 saturated carbocycles. The molecule has 1 aliphatic rings. The Morgan fingerprint density at radius 1 is 1.00 bits per heavy atom. The highest BCUT2D eigenvalue weighted by Crippen LogP contribution is 2.22. The lowest BCUT2D eigenvalue weighted by Crippen LogP contribution is -2.23. The Morgan fingerprint density at radius 3 is 2.20 bits per heavy atom. The molecule has 0 aliphatic heterocycles. The summed E-state index contributed by atoms with van der Waals surface area (Å²) in [5, 5.41) is 0. The van der Waals surface area contributed by atoms with Gasteiger partial charge in [-0.2, -0.15) is 0 Å². The molecule has 1 fully saturated rings. The van der Waals surface area contributed by atoms with Crippen molar-refractivity contribution >= 4 is 11.6 Å². The molecule has 0 bridgehead atoms. The van der Waals surface area contributed by atoms with Gasteiger partial charge in [-0.05, 0) is 17.9 Å². The van der Waals surface area contributed by atoms with Crippen LogP contribution in [0.3, 0.4) is 0 Å². The van der Waals surface area contributed by atoms with Crippen LogP contribution in [0.5, 0.6) is 0 Å². The van der Waals surface area contributed by atoms with E-state index < -0.39 is 0 Å². The smallest absolute Gasteiger partial charge is 0.140 e. The highest BCUT2D eigenvalue weighted by atomic mass is 16.1. The summed E-state index contributed by atoms with van der Waals surface area (Å²) in [4.78, 5) is 22.5. The monoisotopic (exact) mass is 202 g/mol. The summed E-state index contributed by atoms with van der Waals surface area (Å²) in [7, 11) is 0. The fourth-order valence-electron chi connectivity index (χ4n) is 2.17. The van der Waals surface area contributed by atoms with Gasteiger partial charge in [0.1, 0.15) is 11.6 Å². The van der Waals surface area contributed by atoms with E-state index in [1.807, 2.05) is 30.3 Å². The normalized spacial score (nSPS) is 18.1. The van der Waals surface area contributed by atoms with E-state index in [2.05, 4.69) is 0 Å². The summed E-state index contributed by atoms with van der Waals surface area (Å²) in [6.07, 6.45) is 2.14. The largest absolute Gasteiger partial charge is 0.299 e. The molecule has 2 nitrogen and oxygen atoms in total. The quantitative estimate of drug-likeness (QED) is 0.689. The van der Waals surface area contributed by atoms with Crippen LogP contribution in [0.25, 0.3) is 0 Å². The maximum Gasteiger partial charge on any atom is 0.140 e. The molecular formula is C13H14O2. The van der Waals surface area contributed by atoms with E-state index >= 15 is 0 Å². The van der Waals surface area contributed by atoms with Gasteiger partial charge in [0, 0.05) is 12.8 Å². The van der Waals surface area contributed by atoms with Crippen LogP contribution in [-0.2, 0) is 16.0 Å². The van der Waals surface area contributed by atoms with Crippen LogP contribution in [0.4, 0.5) is 0 Å². The zero-order valence-corrected chi connectivity index (χ0v) is 8.61. The Bertz CT molecular complexity index is 351. The van der Waals surface area contributed by atoms with E-state index in [1.54, 1.807) is 0 Å². The lowest BCUT2D eigenvalue weighted by Gasteiger charge is -2.19. The van der Waals surface area contributed by atoms with Crippen molar-refractivity contribution in [1.29, 1.82) is 0 Å². The third-order valence-corrected chi connectivity index (χ3v) is 2.79. The van der Waals surface area contributed by atoms with Crippen LogP contribution < -0.4 is 0 Å². The van der Waals surface area contributed by atoms with Crippen LogP contribution in [0.2, 0.25) is 0 Å². The predicted molar refractivity (Wildman–Crippen MR) is 57.5 cm³/mol. The van der Waals surface area contributed by atoms with E-state index in [0.29, 0.717) is 12.8 Å². The molecule has 2 heteroatoms. The number of hydrogen-bond donors (Lipinski definition) is 0. The second kappa shape index (κ2) is 4.39. The van der Waals surface area contributed by atoms with Crippen LogP contribution in [0.15, 0.2) is 30.3 Å². The van der Waals surface area contributed by atoms with Crippen LogP contribution in [-0.4, -0.2) is 11.6 Å². The maximum absolute atomic E-state index is 11.3. The van der Waals surface area contributed by atoms with E-state index in [1.165, 1.54) is 5.56 Å². The van der Waals surface area contributed by atoms with Gasteiger partial charge in [-0.25, -0.2) is 0 Å². The molecule has 1 aromatic rings. The molecule has 15 heavy (non-hydrogen) atoms. The van der Waals surface area contributed by atoms with Crippen molar-refractivity contribution in [3.63, 3.8) is 0 Å². The van der Waals surface area contributed by atoms with Gasteiger partial charge < -0.3 is 0 Å². The van der Waals surface area contributed by atoms with E-state index in [0.717, 1.165) is 6.42 Å². The first-order valence-corrected chi connectivity index (χ1v) is 5.31. The first-order chi connectivity index (χ1) is 7.24. The molecule has 0 spiro atoms. The number of Topliss-reactive ketones (excluding diaryl/α,β-unsaturated/α-hetero) is 2. The molecule has 0 atom stereocenters. The molecule has 1 aliphatic carbocycles. The van der Waals surface area contributed by atoms with Crippen molar-refractivity contribution in [2.24, 2.45) is 5.92 Å². The summed E-state index contributed by atoms with van der Waals surface area (Å²) in [6.45, 7) is 0. The van der Waals surface area contributed by atoms with Crippen molar-refractivity contribution in [1.82, 2.24) is 0 Å². The molecular weight excluding hydrogens is 188 g/mol. The summed E-state index contributed by atoms with van der Waals surface area (Å²) in [5.41, 5.74) is 1.21. The third-order valence-electron chi connectivity index (χ3n) is 2.79. The van der Waals surface area contributed by atoms with Gasteiger partial charge in [0.2, 0.25) is 0 Å². The van der Waals surface area contributed by atoms with Crippen molar-refractivity contribution in [3.05, 3.63) is 35.9 Å². The van der Waals surface area contributed by atoms with Crippen molar-refractivity contribution < 1.29 is 9.59 Å². The van der Waals surface area contributed by atoms with E-state index in [4.69, 9.17) is 0 Å². The molecule has 78 valence electrons. The Hall–Kier alpha value is -1.44. The van der Waals surface area contributed by atoms with Gasteiger partial charge in [0.05, 0.1) is 6.42 Å². The average Bonchev–Trinajstić information content (AvgIpc) is 2.17. The minimum Gasteiger partial charge on any atom is -0.299 e. The molecule has 0 N–H and O–H groups in total. The number of rotatable bonds is 2. The Kier molecular flexibility index (Phi) is 2.95. The lowest BCUT2D eigenvalue weighted by atomic mass is 9.83. The number of carbonyl (C=O) groups excluding carboxylic acids is 2. The Morgan fingerprint density at radius 2 is 1.60 bits per heavy atom. The van der Waals surface area contributed by atoms with Gasteiger partial charge in [-0.3, -0.25) is 9.59 Å². The molecule has 0 heterocycles. The van der Waals surface area contributed by atoms with Gasteiger partial charge in [-0.15, -0.1) is 0 Å². The second-order valence-corrected chi connectivity index (χ2v) is 4.22. The van der Waals surface area contributed by atoms with Gasteiger partial charge in [-0.1, -0.05) is 30.3 Å². The van der Waals surface area contributed by atoms with Gasteiger partial charge in [0.15, 0.2) is 0 Å². The van der Waals surface area contributed by atoms with Gasteiger partial charge in [0.25, 0.3) is 0 Å². The average molecular weight is 202 g/mol. The number of hydrogen-bond acceptors (Lipinski definition) is 2. The number of ketones is 2. The fourth-order valence-corrected chi connectivity index (χ4v) is 2.17. The van der Waals surface area contributed by atoms with Crippen LogP contribution in [0.1, 0.15) is 24.8 Å². The molecule has 0 saturated heterocycles. The minimum atomic E-state index is 0.104. The zero-order chi connectivity index (χ0) is 10.7. The molecule has 1 aromatic carbocycles. The Labute approximate surface area is 89.3 Å². The first-order valence-electron chi connectivity index (χ1n) is 5.31. The third kappa shape index (κ3) is 2.75. The molecule has 0 amide bonds. The highest BCUT2D eigenvalue weighted by molar-refractivity contribution is 6.01. The summed E-state index contributed by atoms with van der Waals surface area (Å²) < 4.78 is 0. The summed E-state index contributed by atoms with van der Waals surface area (Å²) in [6, 6.07) is 10.0. The number of carbonyl (C=O) groups is 2. The fraction of sp³-hybridized carbons (Fsp3) is 0.385. The molecule has 0 radical (unpaired) electrons. The van der Waals surface area contributed by atoms with E-state index in [-0.39, 0.29) is 23.9 Å². The predicted octanol–water partition coefficient (Wildman–Crippen LogP) is 2.17. The molecule has 2 rings (SSSR count). The number of benzene rings is 1. The van der Waals surface area contributed by atoms with Crippen molar-refractivity contribution in [3.8, 4) is 0 Å². The standard InChI is InChI=1S/C13H14O2/c14-12-7-11(8-13(15)9-12)6-10-4-2-1-3-5-10/h1-5,11H,6-9H2. The van der Waals surface area contributed by atoms with E-state index in [9.17, 15) is 9.59 Å². The minimum absolute atomic E-state index is 0.104. The Balaban J connectivity index is 2.00. The summed E-state index contributed by atoms with van der Waals surface area (Å²) >= 11 is 0. The summed E-state index contributed by atoms with van der Waals surface area (Å²) in [5.74, 6) is 0.431. The first kappa shape index (κ1) is 10.1. The van der Waals surface area contributed by atoms with Crippen LogP contribution >= 0.6 is 0 Å². The van der Waals surface area contributed by atoms with Crippen molar-refractivity contribution in [2.75, 3.05) is 0 Å².